The minimum absolute atomic E-state index is 0.221. The second-order valence-corrected chi connectivity index (χ2v) is 7.46. The number of hydrogen-bond donors (Lipinski definition) is 2. The monoisotopic (exact) mass is 442 g/mol. The normalized spacial score (nSPS) is 14.2. The topological polar surface area (TPSA) is 70.3 Å². The van der Waals surface area contributed by atoms with Gasteiger partial charge in [0.05, 0.1) is 0 Å². The Labute approximate surface area is 171 Å². The van der Waals surface area contributed by atoms with E-state index in [-0.39, 0.29) is 5.82 Å². The fraction of sp³-hybridized carbons (Fsp3) is 0.200. The molecule has 6 nitrogen and oxygen atoms in total. The van der Waals surface area contributed by atoms with Crippen molar-refractivity contribution in [2.24, 2.45) is 0 Å². The summed E-state index contributed by atoms with van der Waals surface area (Å²) in [7, 11) is 0. The van der Waals surface area contributed by atoms with E-state index >= 15 is 0 Å². The third-order valence-corrected chi connectivity index (χ3v) is 5.21. The summed E-state index contributed by atoms with van der Waals surface area (Å²) in [5.74, 6) is 1.09. The lowest BCUT2D eigenvalue weighted by Crippen LogP contribution is -2.47. The van der Waals surface area contributed by atoms with Crippen LogP contribution in [0.1, 0.15) is 0 Å². The average Bonchev–Trinajstić information content (AvgIpc) is 2.71. The first kappa shape index (κ1) is 18.5. The van der Waals surface area contributed by atoms with Crippen molar-refractivity contribution < 1.29 is 4.39 Å². The van der Waals surface area contributed by atoms with Crippen molar-refractivity contribution in [3.8, 4) is 0 Å². The number of anilines is 5. The summed E-state index contributed by atoms with van der Waals surface area (Å²) >= 11 is 3.46. The average molecular weight is 443 g/mol. The van der Waals surface area contributed by atoms with Crippen molar-refractivity contribution >= 4 is 44.6 Å². The Morgan fingerprint density at radius 2 is 1.68 bits per heavy atom. The van der Waals surface area contributed by atoms with E-state index in [4.69, 9.17) is 5.73 Å². The first-order chi connectivity index (χ1) is 13.6. The van der Waals surface area contributed by atoms with Gasteiger partial charge in [-0.15, -0.1) is 0 Å². The van der Waals surface area contributed by atoms with Gasteiger partial charge in [0.25, 0.3) is 0 Å². The molecule has 3 N–H and O–H groups in total. The van der Waals surface area contributed by atoms with Crippen molar-refractivity contribution in [1.82, 2.24) is 9.97 Å². The molecule has 28 heavy (non-hydrogen) atoms. The highest BCUT2D eigenvalue weighted by Gasteiger charge is 2.21. The molecule has 1 fully saturated rings. The number of halogens is 2. The second kappa shape index (κ2) is 8.02. The molecule has 0 amide bonds. The summed E-state index contributed by atoms with van der Waals surface area (Å²) in [4.78, 5) is 13.1. The highest BCUT2D eigenvalue weighted by Crippen LogP contribution is 2.30. The number of nitrogen functional groups attached to an aromatic ring is 1. The van der Waals surface area contributed by atoms with E-state index in [1.54, 1.807) is 0 Å². The van der Waals surface area contributed by atoms with Gasteiger partial charge >= 0.3 is 0 Å². The van der Waals surface area contributed by atoms with Crippen LogP contribution in [0, 0.1) is 5.82 Å². The van der Waals surface area contributed by atoms with Gasteiger partial charge in [0, 0.05) is 42.0 Å². The van der Waals surface area contributed by atoms with Crippen LogP contribution in [0.4, 0.5) is 33.1 Å². The van der Waals surface area contributed by atoms with Gasteiger partial charge in [-0.05, 0) is 42.5 Å². The molecule has 0 aliphatic carbocycles. The molecule has 1 aliphatic rings. The van der Waals surface area contributed by atoms with E-state index in [9.17, 15) is 4.39 Å². The quantitative estimate of drug-likeness (QED) is 0.635. The fourth-order valence-electron chi connectivity index (χ4n) is 3.27. The summed E-state index contributed by atoms with van der Waals surface area (Å²) in [5, 5.41) is 3.25. The van der Waals surface area contributed by atoms with Gasteiger partial charge in [0.1, 0.15) is 17.8 Å². The smallest absolute Gasteiger partial charge is 0.159 e. The predicted octanol–water partition coefficient (Wildman–Crippen LogP) is 4.03. The Hall–Kier alpha value is -2.87. The molecular formula is C20H20BrFN6. The first-order valence-corrected chi connectivity index (χ1v) is 9.78. The standard InChI is InChI=1S/C20H20BrFN6/c21-14-2-1-3-16(12-14)26-19-18(23)20(25-13-24-19)28-10-8-27(9-11-28)17-6-4-15(22)5-7-17/h1-7,12-13H,8-11,23H2,(H,24,25,26). The van der Waals surface area contributed by atoms with Crippen molar-refractivity contribution in [3.05, 3.63) is 65.1 Å². The van der Waals surface area contributed by atoms with Crippen LogP contribution in [0.15, 0.2) is 59.3 Å². The Bertz CT molecular complexity index is 957. The largest absolute Gasteiger partial charge is 0.393 e. The summed E-state index contributed by atoms with van der Waals surface area (Å²) in [6.45, 7) is 3.16. The van der Waals surface area contributed by atoms with Crippen molar-refractivity contribution in [3.63, 3.8) is 0 Å². The molecule has 8 heteroatoms. The number of piperazine rings is 1. The molecule has 2 aromatic carbocycles. The Balaban J connectivity index is 1.47. The lowest BCUT2D eigenvalue weighted by Gasteiger charge is -2.37. The lowest BCUT2D eigenvalue weighted by molar-refractivity contribution is 0.624. The Morgan fingerprint density at radius 3 is 2.39 bits per heavy atom. The number of benzene rings is 2. The molecule has 144 valence electrons. The van der Waals surface area contributed by atoms with Crippen LogP contribution in [0.3, 0.4) is 0 Å². The Kier molecular flexibility index (Phi) is 5.29. The van der Waals surface area contributed by atoms with Gasteiger partial charge in [0.15, 0.2) is 11.6 Å². The summed E-state index contributed by atoms with van der Waals surface area (Å²) in [6, 6.07) is 14.4. The SMILES string of the molecule is Nc1c(Nc2cccc(Br)c2)ncnc1N1CCN(c2ccc(F)cc2)CC1. The zero-order chi connectivity index (χ0) is 19.5. The molecule has 1 saturated heterocycles. The number of rotatable bonds is 4. The summed E-state index contributed by atoms with van der Waals surface area (Å²) < 4.78 is 14.1. The van der Waals surface area contributed by atoms with Gasteiger partial charge in [-0.1, -0.05) is 22.0 Å². The maximum Gasteiger partial charge on any atom is 0.159 e. The summed E-state index contributed by atoms with van der Waals surface area (Å²) in [5.41, 5.74) is 8.81. The van der Waals surface area contributed by atoms with E-state index in [1.165, 1.54) is 18.5 Å². The van der Waals surface area contributed by atoms with Crippen LogP contribution in [0.5, 0.6) is 0 Å². The van der Waals surface area contributed by atoms with Crippen molar-refractivity contribution in [1.29, 1.82) is 0 Å². The van der Waals surface area contributed by atoms with E-state index in [2.05, 4.69) is 41.0 Å². The van der Waals surface area contributed by atoms with E-state index < -0.39 is 0 Å². The van der Waals surface area contributed by atoms with Crippen LogP contribution in [0.25, 0.3) is 0 Å². The highest BCUT2D eigenvalue weighted by molar-refractivity contribution is 9.10. The Morgan fingerprint density at radius 1 is 0.964 bits per heavy atom. The van der Waals surface area contributed by atoms with Gasteiger partial charge in [-0.3, -0.25) is 0 Å². The molecule has 0 atom stereocenters. The summed E-state index contributed by atoms with van der Waals surface area (Å²) in [6.07, 6.45) is 1.53. The van der Waals surface area contributed by atoms with E-state index in [0.29, 0.717) is 11.5 Å². The molecule has 4 rings (SSSR count). The van der Waals surface area contributed by atoms with Crippen LogP contribution in [-0.2, 0) is 0 Å². The number of hydrogen-bond acceptors (Lipinski definition) is 6. The maximum atomic E-state index is 13.1. The van der Waals surface area contributed by atoms with Gasteiger partial charge in [-0.25, -0.2) is 14.4 Å². The molecule has 0 saturated carbocycles. The molecule has 0 radical (unpaired) electrons. The van der Waals surface area contributed by atoms with Gasteiger partial charge in [-0.2, -0.15) is 0 Å². The number of aromatic nitrogens is 2. The zero-order valence-electron chi connectivity index (χ0n) is 15.1. The van der Waals surface area contributed by atoms with Crippen molar-refractivity contribution in [2.45, 2.75) is 0 Å². The predicted molar refractivity (Wildman–Crippen MR) is 115 cm³/mol. The molecule has 1 aromatic heterocycles. The van der Waals surface area contributed by atoms with Crippen LogP contribution < -0.4 is 20.9 Å². The molecule has 3 aromatic rings. The molecule has 0 unspecified atom stereocenters. The molecule has 0 spiro atoms. The van der Waals surface area contributed by atoms with E-state index in [0.717, 1.165) is 47.8 Å². The fourth-order valence-corrected chi connectivity index (χ4v) is 3.67. The minimum atomic E-state index is -0.221. The first-order valence-electron chi connectivity index (χ1n) is 8.99. The van der Waals surface area contributed by atoms with Gasteiger partial charge < -0.3 is 20.9 Å². The third kappa shape index (κ3) is 4.01. The highest BCUT2D eigenvalue weighted by atomic mass is 79.9. The van der Waals surface area contributed by atoms with Crippen molar-refractivity contribution in [2.75, 3.05) is 47.0 Å². The zero-order valence-corrected chi connectivity index (χ0v) is 16.7. The minimum Gasteiger partial charge on any atom is -0.393 e. The molecular weight excluding hydrogens is 423 g/mol. The molecule has 0 bridgehead atoms. The number of nitrogens with zero attached hydrogens (tertiary/aromatic N) is 4. The number of nitrogens with one attached hydrogen (secondary N) is 1. The maximum absolute atomic E-state index is 13.1. The third-order valence-electron chi connectivity index (χ3n) is 4.72. The van der Waals surface area contributed by atoms with Gasteiger partial charge in [0.2, 0.25) is 0 Å². The number of nitrogens with two attached hydrogens (primary N) is 1. The molecule has 1 aliphatic heterocycles. The van der Waals surface area contributed by atoms with Crippen LogP contribution in [-0.4, -0.2) is 36.1 Å². The molecule has 2 heterocycles. The van der Waals surface area contributed by atoms with E-state index in [1.807, 2.05) is 36.4 Å². The second-order valence-electron chi connectivity index (χ2n) is 6.55. The lowest BCUT2D eigenvalue weighted by atomic mass is 10.2. The van der Waals surface area contributed by atoms with Crippen LogP contribution in [0.2, 0.25) is 0 Å². The van der Waals surface area contributed by atoms with Crippen LogP contribution >= 0.6 is 15.9 Å².